The Labute approximate surface area is 182 Å². The maximum atomic E-state index is 10.0. The van der Waals surface area contributed by atoms with Crippen molar-refractivity contribution in [1.82, 2.24) is 4.98 Å². The molecule has 1 aliphatic heterocycles. The molecule has 0 unspecified atom stereocenters. The number of pyridine rings is 1. The molecule has 28 heavy (non-hydrogen) atoms. The van der Waals surface area contributed by atoms with Crippen molar-refractivity contribution in [2.24, 2.45) is 0 Å². The Morgan fingerprint density at radius 2 is 1.39 bits per heavy atom. The second kappa shape index (κ2) is 8.46. The number of nitrogens with zero attached hydrogens (tertiary/aromatic N) is 3. The van der Waals surface area contributed by atoms with Crippen LogP contribution in [0.2, 0.25) is 0 Å². The van der Waals surface area contributed by atoms with E-state index in [0.29, 0.717) is 5.56 Å². The van der Waals surface area contributed by atoms with Gasteiger partial charge in [-0.3, -0.25) is 0 Å². The molecule has 3 aromatic rings. The molecule has 0 saturated carbocycles. The van der Waals surface area contributed by atoms with Crippen LogP contribution in [0, 0.1) is 11.3 Å². The van der Waals surface area contributed by atoms with Crippen molar-refractivity contribution < 1.29 is 0 Å². The largest absolute Gasteiger partial charge is 0.370 e. The highest BCUT2D eigenvalue weighted by Crippen LogP contribution is 2.35. The summed E-state index contributed by atoms with van der Waals surface area (Å²) in [6.07, 6.45) is 3.57. The number of benzene rings is 2. The lowest BCUT2D eigenvalue weighted by Gasteiger charge is -2.30. The van der Waals surface area contributed by atoms with E-state index in [-0.39, 0.29) is 0 Å². The summed E-state index contributed by atoms with van der Waals surface area (Å²) in [6.45, 7) is 1.97. The van der Waals surface area contributed by atoms with Gasteiger partial charge in [0.15, 0.2) is 0 Å². The van der Waals surface area contributed by atoms with Gasteiger partial charge in [0.2, 0.25) is 0 Å². The van der Waals surface area contributed by atoms with Gasteiger partial charge in [-0.2, -0.15) is 5.26 Å². The van der Waals surface area contributed by atoms with Gasteiger partial charge >= 0.3 is 0 Å². The minimum atomic E-state index is 0.657. The van der Waals surface area contributed by atoms with Gasteiger partial charge in [0.1, 0.15) is 11.6 Å². The van der Waals surface area contributed by atoms with E-state index < -0.39 is 0 Å². The summed E-state index contributed by atoms with van der Waals surface area (Å²) in [4.78, 5) is 7.26. The number of piperidine rings is 1. The Kier molecular flexibility index (Phi) is 5.79. The molecule has 1 fully saturated rings. The molecule has 2 heterocycles. The molecule has 1 aliphatic rings. The number of nitriles is 1. The second-order valence-electron chi connectivity index (χ2n) is 6.92. The number of rotatable bonds is 3. The summed E-state index contributed by atoms with van der Waals surface area (Å²) < 4.78 is 2.05. The molecule has 1 aromatic heterocycles. The molecular formula is C23H19Br2N3. The molecule has 0 aliphatic carbocycles. The number of halogens is 2. The van der Waals surface area contributed by atoms with Gasteiger partial charge in [0, 0.05) is 33.2 Å². The molecule has 0 atom stereocenters. The van der Waals surface area contributed by atoms with E-state index >= 15 is 0 Å². The first kappa shape index (κ1) is 19.2. The predicted octanol–water partition coefficient (Wildman–Crippen LogP) is 6.80. The monoisotopic (exact) mass is 495 g/mol. The van der Waals surface area contributed by atoms with Crippen molar-refractivity contribution in [3.63, 3.8) is 0 Å². The molecule has 0 spiro atoms. The van der Waals surface area contributed by atoms with Crippen LogP contribution in [-0.4, -0.2) is 18.1 Å². The highest BCUT2D eigenvalue weighted by molar-refractivity contribution is 9.10. The van der Waals surface area contributed by atoms with E-state index in [0.717, 1.165) is 63.1 Å². The first-order chi connectivity index (χ1) is 13.7. The van der Waals surface area contributed by atoms with Gasteiger partial charge < -0.3 is 4.90 Å². The van der Waals surface area contributed by atoms with Crippen LogP contribution in [0.4, 0.5) is 5.69 Å². The van der Waals surface area contributed by atoms with Crippen LogP contribution in [0.15, 0.2) is 63.5 Å². The van der Waals surface area contributed by atoms with E-state index in [1.807, 2.05) is 36.4 Å². The Bertz CT molecular complexity index is 1020. The molecule has 1 saturated heterocycles. The summed E-state index contributed by atoms with van der Waals surface area (Å²) in [5, 5.41) is 10.0. The Hall–Kier alpha value is -2.16. The Balaban J connectivity index is 1.92. The molecule has 0 bridgehead atoms. The van der Waals surface area contributed by atoms with E-state index in [9.17, 15) is 5.26 Å². The Morgan fingerprint density at radius 1 is 0.821 bits per heavy atom. The number of hydrogen-bond donors (Lipinski definition) is 0. The lowest BCUT2D eigenvalue weighted by molar-refractivity contribution is 0.577. The van der Waals surface area contributed by atoms with Crippen LogP contribution in [0.25, 0.3) is 22.5 Å². The Morgan fingerprint density at radius 3 is 1.96 bits per heavy atom. The zero-order valence-electron chi connectivity index (χ0n) is 15.3. The molecule has 0 amide bonds. The third-order valence-electron chi connectivity index (χ3n) is 5.06. The molecular weight excluding hydrogens is 478 g/mol. The third kappa shape index (κ3) is 3.99. The number of aromatic nitrogens is 1. The average molecular weight is 497 g/mol. The summed E-state index contributed by atoms with van der Waals surface area (Å²) >= 11 is 6.99. The van der Waals surface area contributed by atoms with Crippen molar-refractivity contribution in [3.8, 4) is 28.6 Å². The normalized spacial score (nSPS) is 14.0. The fourth-order valence-corrected chi connectivity index (χ4v) is 4.14. The third-order valence-corrected chi connectivity index (χ3v) is 6.12. The molecule has 2 aromatic carbocycles. The zero-order chi connectivity index (χ0) is 19.5. The van der Waals surface area contributed by atoms with Crippen molar-refractivity contribution in [2.75, 3.05) is 18.0 Å². The first-order valence-electron chi connectivity index (χ1n) is 9.37. The minimum absolute atomic E-state index is 0.657. The van der Waals surface area contributed by atoms with Gasteiger partial charge in [0.25, 0.3) is 0 Å². The summed E-state index contributed by atoms with van der Waals surface area (Å²) in [7, 11) is 0. The highest BCUT2D eigenvalue weighted by Gasteiger charge is 2.21. The van der Waals surface area contributed by atoms with Gasteiger partial charge in [-0.1, -0.05) is 56.1 Å². The van der Waals surface area contributed by atoms with Gasteiger partial charge in [-0.05, 0) is 49.6 Å². The number of hydrogen-bond acceptors (Lipinski definition) is 3. The maximum absolute atomic E-state index is 10.0. The SMILES string of the molecule is N#Cc1c(N2CCCCC2)cc(-c2ccc(Br)cc2)nc1-c1ccc(Br)cc1. The van der Waals surface area contributed by atoms with Gasteiger partial charge in [0.05, 0.1) is 17.1 Å². The van der Waals surface area contributed by atoms with Crippen molar-refractivity contribution in [1.29, 1.82) is 5.26 Å². The van der Waals surface area contributed by atoms with Crippen molar-refractivity contribution in [2.45, 2.75) is 19.3 Å². The molecule has 140 valence electrons. The van der Waals surface area contributed by atoms with Crippen molar-refractivity contribution >= 4 is 37.5 Å². The predicted molar refractivity (Wildman–Crippen MR) is 121 cm³/mol. The lowest BCUT2D eigenvalue weighted by Crippen LogP contribution is -2.30. The van der Waals surface area contributed by atoms with Crippen LogP contribution in [0.3, 0.4) is 0 Å². The smallest absolute Gasteiger partial charge is 0.104 e. The zero-order valence-corrected chi connectivity index (χ0v) is 18.5. The summed E-state index contributed by atoms with van der Waals surface area (Å²) in [5.41, 5.74) is 5.29. The van der Waals surface area contributed by atoms with Crippen LogP contribution in [0.5, 0.6) is 0 Å². The standard InChI is InChI=1S/C23H19Br2N3/c24-18-8-4-16(5-9-18)21-14-22(28-12-2-1-3-13-28)20(15-26)23(27-21)17-6-10-19(25)11-7-17/h4-11,14H,1-3,12-13H2. The van der Waals surface area contributed by atoms with Crippen molar-refractivity contribution in [3.05, 3.63) is 69.1 Å². The molecule has 4 rings (SSSR count). The van der Waals surface area contributed by atoms with Gasteiger partial charge in [-0.25, -0.2) is 4.98 Å². The van der Waals surface area contributed by atoms with E-state index in [2.05, 4.69) is 61.0 Å². The fourth-order valence-electron chi connectivity index (χ4n) is 3.61. The first-order valence-corrected chi connectivity index (χ1v) is 11.0. The lowest BCUT2D eigenvalue weighted by atomic mass is 10.00. The second-order valence-corrected chi connectivity index (χ2v) is 8.75. The highest BCUT2D eigenvalue weighted by atomic mass is 79.9. The van der Waals surface area contributed by atoms with Crippen LogP contribution in [0.1, 0.15) is 24.8 Å². The summed E-state index contributed by atoms with van der Waals surface area (Å²) in [5.74, 6) is 0. The van der Waals surface area contributed by atoms with E-state index in [4.69, 9.17) is 4.98 Å². The maximum Gasteiger partial charge on any atom is 0.104 e. The van der Waals surface area contributed by atoms with E-state index in [1.54, 1.807) is 0 Å². The molecule has 0 radical (unpaired) electrons. The molecule has 5 heteroatoms. The minimum Gasteiger partial charge on any atom is -0.370 e. The fraction of sp³-hybridized carbons (Fsp3) is 0.217. The van der Waals surface area contributed by atoms with Gasteiger partial charge in [-0.15, -0.1) is 0 Å². The van der Waals surface area contributed by atoms with Crippen LogP contribution >= 0.6 is 31.9 Å². The quantitative estimate of drug-likeness (QED) is 0.400. The average Bonchev–Trinajstić information content (AvgIpc) is 2.74. The van der Waals surface area contributed by atoms with Crippen LogP contribution < -0.4 is 4.90 Å². The summed E-state index contributed by atoms with van der Waals surface area (Å²) in [6, 6.07) is 20.7. The van der Waals surface area contributed by atoms with E-state index in [1.165, 1.54) is 6.42 Å². The topological polar surface area (TPSA) is 39.9 Å². The van der Waals surface area contributed by atoms with Crippen LogP contribution in [-0.2, 0) is 0 Å². The molecule has 3 nitrogen and oxygen atoms in total. The number of anilines is 1. The molecule has 0 N–H and O–H groups in total.